The fourth-order valence-corrected chi connectivity index (χ4v) is 4.21. The van der Waals surface area contributed by atoms with Gasteiger partial charge >= 0.3 is 0 Å². The van der Waals surface area contributed by atoms with Crippen LogP contribution in [0.5, 0.6) is 0 Å². The maximum absolute atomic E-state index is 13.2. The molecular weight excluding hydrogens is 425 g/mol. The zero-order valence-electron chi connectivity index (χ0n) is 15.7. The first-order valence-electron chi connectivity index (χ1n) is 9.20. The third-order valence-corrected chi connectivity index (χ3v) is 5.89. The van der Waals surface area contributed by atoms with Gasteiger partial charge in [-0.25, -0.2) is 4.39 Å². The fraction of sp³-hybridized carbons (Fsp3) is 0.136. The molecule has 152 valence electrons. The number of halogens is 2. The first-order chi connectivity index (χ1) is 14.6. The molecular formula is C22H17ClFN3O2S. The zero-order chi connectivity index (χ0) is 20.9. The smallest absolute Gasteiger partial charge is 0.242 e. The van der Waals surface area contributed by atoms with Gasteiger partial charge in [-0.15, -0.1) is 5.10 Å². The van der Waals surface area contributed by atoms with Gasteiger partial charge in [0.2, 0.25) is 5.91 Å². The van der Waals surface area contributed by atoms with Crippen LogP contribution in [0.15, 0.2) is 81.5 Å². The maximum Gasteiger partial charge on any atom is 0.242 e. The summed E-state index contributed by atoms with van der Waals surface area (Å²) in [5, 5.41) is 9.19. The Balaban J connectivity index is 1.54. The predicted octanol–water partition coefficient (Wildman–Crippen LogP) is 5.15. The number of amides is 1. The Morgan fingerprint density at radius 2 is 1.90 bits per heavy atom. The SMILES string of the molecule is O=C1[C@H](Cc2ccc(F)cc2)S/C(=N\N=C/c2ccc(Cl)cc2)N1Cc1ccco1. The Kier molecular flexibility index (Phi) is 6.30. The van der Waals surface area contributed by atoms with Crippen LogP contribution in [0.1, 0.15) is 16.9 Å². The summed E-state index contributed by atoms with van der Waals surface area (Å²) in [6.45, 7) is 0.272. The molecule has 0 saturated carbocycles. The van der Waals surface area contributed by atoms with Crippen molar-refractivity contribution in [3.8, 4) is 0 Å². The Hall–Kier alpha value is -2.90. The van der Waals surface area contributed by atoms with Crippen molar-refractivity contribution in [2.45, 2.75) is 18.2 Å². The third kappa shape index (κ3) is 4.98. The zero-order valence-corrected chi connectivity index (χ0v) is 17.3. The molecule has 8 heteroatoms. The Bertz CT molecular complexity index is 1070. The van der Waals surface area contributed by atoms with E-state index in [0.29, 0.717) is 22.4 Å². The molecule has 1 aliphatic rings. The van der Waals surface area contributed by atoms with Gasteiger partial charge in [0.25, 0.3) is 0 Å². The number of hydrogen-bond donors (Lipinski definition) is 0. The number of thioether (sulfide) groups is 1. The molecule has 1 aliphatic heterocycles. The lowest BCUT2D eigenvalue weighted by Crippen LogP contribution is -2.32. The second-order valence-electron chi connectivity index (χ2n) is 6.62. The van der Waals surface area contributed by atoms with Gasteiger partial charge in [0.1, 0.15) is 11.6 Å². The molecule has 0 bridgehead atoms. The highest BCUT2D eigenvalue weighted by atomic mass is 35.5. The molecule has 1 aromatic heterocycles. The molecule has 1 saturated heterocycles. The van der Waals surface area contributed by atoms with Crippen molar-refractivity contribution in [2.75, 3.05) is 0 Å². The maximum atomic E-state index is 13.2. The van der Waals surface area contributed by atoms with Gasteiger partial charge < -0.3 is 4.42 Å². The molecule has 2 aromatic carbocycles. The second kappa shape index (κ2) is 9.28. The van der Waals surface area contributed by atoms with Crippen molar-refractivity contribution in [3.63, 3.8) is 0 Å². The normalized spacial score (nSPS) is 18.1. The monoisotopic (exact) mass is 441 g/mol. The van der Waals surface area contributed by atoms with Crippen LogP contribution in [-0.4, -0.2) is 27.4 Å². The van der Waals surface area contributed by atoms with Gasteiger partial charge in [-0.1, -0.05) is 47.6 Å². The number of rotatable bonds is 6. The van der Waals surface area contributed by atoms with Crippen molar-refractivity contribution in [3.05, 3.63) is 94.7 Å². The summed E-state index contributed by atoms with van der Waals surface area (Å²) in [6.07, 6.45) is 3.64. The highest BCUT2D eigenvalue weighted by molar-refractivity contribution is 8.15. The molecule has 1 atom stereocenters. The van der Waals surface area contributed by atoms with Crippen molar-refractivity contribution in [2.24, 2.45) is 10.2 Å². The molecule has 0 radical (unpaired) electrons. The minimum atomic E-state index is -0.366. The summed E-state index contributed by atoms with van der Waals surface area (Å²) < 4.78 is 18.6. The quantitative estimate of drug-likeness (QED) is 0.392. The van der Waals surface area contributed by atoms with Crippen molar-refractivity contribution in [1.29, 1.82) is 0 Å². The van der Waals surface area contributed by atoms with E-state index >= 15 is 0 Å². The number of furan rings is 1. The van der Waals surface area contributed by atoms with Gasteiger partial charge in [-0.2, -0.15) is 5.10 Å². The molecule has 0 aliphatic carbocycles. The Morgan fingerprint density at radius 1 is 1.13 bits per heavy atom. The van der Waals surface area contributed by atoms with Crippen molar-refractivity contribution >= 4 is 40.7 Å². The molecule has 1 amide bonds. The van der Waals surface area contributed by atoms with Crippen LogP contribution in [0.4, 0.5) is 4.39 Å². The van der Waals surface area contributed by atoms with E-state index in [2.05, 4.69) is 10.2 Å². The number of hydrogen-bond acceptors (Lipinski definition) is 5. The van der Waals surface area contributed by atoms with Gasteiger partial charge in [0.05, 0.1) is 24.3 Å². The van der Waals surface area contributed by atoms with Crippen LogP contribution in [0.2, 0.25) is 5.02 Å². The third-order valence-electron chi connectivity index (χ3n) is 4.47. The predicted molar refractivity (Wildman–Crippen MR) is 117 cm³/mol. The van der Waals surface area contributed by atoms with Gasteiger partial charge in [0.15, 0.2) is 5.17 Å². The first-order valence-corrected chi connectivity index (χ1v) is 10.5. The van der Waals surface area contributed by atoms with Gasteiger partial charge in [-0.05, 0) is 53.9 Å². The van der Waals surface area contributed by atoms with Crippen LogP contribution < -0.4 is 0 Å². The van der Waals surface area contributed by atoms with Crippen LogP contribution in [0.25, 0.3) is 0 Å². The lowest BCUT2D eigenvalue weighted by molar-refractivity contribution is -0.126. The number of nitrogens with zero attached hydrogens (tertiary/aromatic N) is 3. The lowest BCUT2D eigenvalue weighted by atomic mass is 10.1. The minimum Gasteiger partial charge on any atom is -0.467 e. The van der Waals surface area contributed by atoms with Crippen molar-refractivity contribution < 1.29 is 13.6 Å². The summed E-state index contributed by atoms with van der Waals surface area (Å²) in [4.78, 5) is 14.6. The van der Waals surface area contributed by atoms with E-state index in [0.717, 1.165) is 11.1 Å². The Labute approximate surface area is 182 Å². The van der Waals surface area contributed by atoms with E-state index in [9.17, 15) is 9.18 Å². The van der Waals surface area contributed by atoms with E-state index < -0.39 is 0 Å². The summed E-state index contributed by atoms with van der Waals surface area (Å²) in [5.41, 5.74) is 1.73. The van der Waals surface area contributed by atoms with Crippen LogP contribution in [0.3, 0.4) is 0 Å². The van der Waals surface area contributed by atoms with Crippen LogP contribution >= 0.6 is 23.4 Å². The Morgan fingerprint density at radius 3 is 2.60 bits per heavy atom. The minimum absolute atomic E-state index is 0.0823. The van der Waals surface area contributed by atoms with Crippen LogP contribution in [0, 0.1) is 5.82 Å². The van der Waals surface area contributed by atoms with E-state index in [-0.39, 0.29) is 23.5 Å². The lowest BCUT2D eigenvalue weighted by Gasteiger charge is -2.14. The standard InChI is InChI=1S/C22H17ClFN3O2S/c23-17-7-3-16(4-8-17)13-25-26-22-27(14-19-2-1-11-29-19)21(28)20(30-22)12-15-5-9-18(24)10-6-15/h1-11,13,20H,12,14H2/b25-13-,26-22-/t20-/m0/s1. The average Bonchev–Trinajstić information content (AvgIpc) is 3.35. The van der Waals surface area contributed by atoms with E-state index in [1.54, 1.807) is 53.8 Å². The van der Waals surface area contributed by atoms with E-state index in [1.807, 2.05) is 12.1 Å². The largest absolute Gasteiger partial charge is 0.467 e. The molecule has 0 N–H and O–H groups in total. The summed E-state index contributed by atoms with van der Waals surface area (Å²) in [6, 6.07) is 16.9. The number of amidine groups is 1. The number of carbonyl (C=O) groups excluding carboxylic acids is 1. The molecule has 5 nitrogen and oxygen atoms in total. The average molecular weight is 442 g/mol. The van der Waals surface area contributed by atoms with E-state index in [1.165, 1.54) is 23.9 Å². The molecule has 2 heterocycles. The van der Waals surface area contributed by atoms with Gasteiger partial charge in [0, 0.05) is 5.02 Å². The molecule has 0 spiro atoms. The molecule has 30 heavy (non-hydrogen) atoms. The molecule has 0 unspecified atom stereocenters. The first kappa shape index (κ1) is 20.4. The van der Waals surface area contributed by atoms with Crippen molar-refractivity contribution in [1.82, 2.24) is 4.90 Å². The fourth-order valence-electron chi connectivity index (χ4n) is 2.95. The van der Waals surface area contributed by atoms with Gasteiger partial charge in [-0.3, -0.25) is 9.69 Å². The molecule has 4 rings (SSSR count). The summed E-state index contributed by atoms with van der Waals surface area (Å²) in [5.74, 6) is 0.268. The number of carbonyl (C=O) groups is 1. The van der Waals surface area contributed by atoms with Crippen LogP contribution in [-0.2, 0) is 17.8 Å². The molecule has 3 aromatic rings. The van der Waals surface area contributed by atoms with E-state index in [4.69, 9.17) is 16.0 Å². The topological polar surface area (TPSA) is 58.2 Å². The highest BCUT2D eigenvalue weighted by Crippen LogP contribution is 2.31. The summed E-state index contributed by atoms with van der Waals surface area (Å²) in [7, 11) is 0. The number of benzene rings is 2. The second-order valence-corrected chi connectivity index (χ2v) is 8.23. The highest BCUT2D eigenvalue weighted by Gasteiger charge is 2.38. The molecule has 1 fully saturated rings. The summed E-state index contributed by atoms with van der Waals surface area (Å²) >= 11 is 7.24.